The Morgan fingerprint density at radius 1 is 1.22 bits per heavy atom. The molecule has 15 heteroatoms. The molecule has 0 saturated heterocycles. The van der Waals surface area contributed by atoms with Crippen molar-refractivity contribution < 1.29 is 28.1 Å². The van der Waals surface area contributed by atoms with Crippen LogP contribution in [0.15, 0.2) is 47.4 Å². The van der Waals surface area contributed by atoms with Crippen molar-refractivity contribution in [1.29, 1.82) is 5.41 Å². The monoisotopic (exact) mass is 568 g/mol. The summed E-state index contributed by atoms with van der Waals surface area (Å²) in [6, 6.07) is 8.24. The van der Waals surface area contributed by atoms with Gasteiger partial charge in [0, 0.05) is 30.0 Å². The lowest BCUT2D eigenvalue weighted by atomic mass is 10.0. The number of aromatic amines is 2. The van der Waals surface area contributed by atoms with E-state index in [1.807, 2.05) is 0 Å². The SMILES string of the molecule is CCOC(=O)c1cn[nH]c1-n1nc(C(Nc2ccc(C(=N)N)cc2)c2cc(OC)cc(OCCOC)c2F)[nH]c1=O. The molecule has 1 unspecified atom stereocenters. The number of halogens is 1. The lowest BCUT2D eigenvalue weighted by Gasteiger charge is -2.21. The molecule has 4 rings (SSSR count). The maximum atomic E-state index is 16.0. The van der Waals surface area contributed by atoms with Crippen molar-refractivity contribution in [3.05, 3.63) is 81.4 Å². The van der Waals surface area contributed by atoms with E-state index in [-0.39, 0.29) is 59.9 Å². The Hall–Kier alpha value is -5.18. The number of methoxy groups -OCH3 is 2. The molecular formula is C26H29FN8O6. The normalized spacial score (nSPS) is 11.6. The van der Waals surface area contributed by atoms with Crippen LogP contribution < -0.4 is 26.2 Å². The van der Waals surface area contributed by atoms with E-state index in [0.717, 1.165) is 4.68 Å². The Kier molecular flexibility index (Phi) is 8.98. The number of nitrogen functional groups attached to an aromatic ring is 1. The zero-order valence-corrected chi connectivity index (χ0v) is 22.5. The fourth-order valence-corrected chi connectivity index (χ4v) is 3.89. The fourth-order valence-electron chi connectivity index (χ4n) is 3.89. The molecule has 216 valence electrons. The number of benzene rings is 2. The Morgan fingerprint density at radius 3 is 2.63 bits per heavy atom. The second-order valence-electron chi connectivity index (χ2n) is 8.52. The highest BCUT2D eigenvalue weighted by atomic mass is 19.1. The molecule has 14 nitrogen and oxygen atoms in total. The number of amidine groups is 1. The van der Waals surface area contributed by atoms with Gasteiger partial charge in [-0.25, -0.2) is 14.0 Å². The number of carbonyl (C=O) groups excluding carboxylic acids is 1. The molecule has 0 aliphatic carbocycles. The second kappa shape index (κ2) is 12.8. The molecule has 0 spiro atoms. The van der Waals surface area contributed by atoms with Crippen molar-refractivity contribution in [3.8, 4) is 17.3 Å². The van der Waals surface area contributed by atoms with Gasteiger partial charge in [-0.3, -0.25) is 15.5 Å². The summed E-state index contributed by atoms with van der Waals surface area (Å²) in [6.07, 6.45) is 1.21. The molecule has 0 radical (unpaired) electrons. The van der Waals surface area contributed by atoms with Crippen molar-refractivity contribution >= 4 is 17.5 Å². The van der Waals surface area contributed by atoms with Crippen molar-refractivity contribution in [2.24, 2.45) is 5.73 Å². The van der Waals surface area contributed by atoms with Crippen LogP contribution in [-0.4, -0.2) is 70.8 Å². The summed E-state index contributed by atoms with van der Waals surface area (Å²) in [5.41, 5.74) is 5.83. The topological polar surface area (TPSA) is 195 Å². The molecule has 0 bridgehead atoms. The number of ether oxygens (including phenoxy) is 4. The first-order valence-corrected chi connectivity index (χ1v) is 12.4. The molecule has 6 N–H and O–H groups in total. The zero-order valence-electron chi connectivity index (χ0n) is 22.5. The molecule has 2 aromatic heterocycles. The minimum Gasteiger partial charge on any atom is -0.497 e. The van der Waals surface area contributed by atoms with Gasteiger partial charge >= 0.3 is 11.7 Å². The number of anilines is 1. The first kappa shape index (κ1) is 28.8. The second-order valence-corrected chi connectivity index (χ2v) is 8.52. The largest absolute Gasteiger partial charge is 0.497 e. The maximum Gasteiger partial charge on any atom is 0.349 e. The van der Waals surface area contributed by atoms with Gasteiger partial charge in [-0.1, -0.05) is 0 Å². The summed E-state index contributed by atoms with van der Waals surface area (Å²) in [5.74, 6) is -1.42. The zero-order chi connectivity index (χ0) is 29.5. The molecule has 0 amide bonds. The van der Waals surface area contributed by atoms with Gasteiger partial charge in [-0.2, -0.15) is 9.78 Å². The highest BCUT2D eigenvalue weighted by Crippen LogP contribution is 2.35. The predicted octanol–water partition coefficient (Wildman–Crippen LogP) is 2.12. The van der Waals surface area contributed by atoms with Crippen LogP contribution in [0, 0.1) is 11.2 Å². The number of H-pyrrole nitrogens is 2. The van der Waals surface area contributed by atoms with E-state index >= 15 is 4.39 Å². The Bertz CT molecular complexity index is 1580. The molecule has 4 aromatic rings. The van der Waals surface area contributed by atoms with E-state index in [1.165, 1.54) is 32.5 Å². The smallest absolute Gasteiger partial charge is 0.349 e. The standard InChI is InChI=1S/C26H29FN8O6/c1-4-40-25(36)18-13-30-33-24(18)35-26(37)32-23(34-35)21(31-15-7-5-14(6-8-15)22(28)29)17-11-16(39-3)12-19(20(17)27)41-10-9-38-2/h5-8,11-13,21,31H,4,9-10H2,1-3H3,(H3,28,29)(H,30,33)(H,32,34,37). The third-order valence-electron chi connectivity index (χ3n) is 5.87. The molecule has 0 fully saturated rings. The van der Waals surface area contributed by atoms with Crippen LogP contribution in [0.5, 0.6) is 11.5 Å². The summed E-state index contributed by atoms with van der Waals surface area (Å²) < 4.78 is 37.8. The van der Waals surface area contributed by atoms with Crippen LogP contribution in [0.4, 0.5) is 10.1 Å². The highest BCUT2D eigenvalue weighted by Gasteiger charge is 2.28. The molecular weight excluding hydrogens is 539 g/mol. The van der Waals surface area contributed by atoms with Gasteiger partial charge in [-0.15, -0.1) is 5.10 Å². The average molecular weight is 569 g/mol. The number of aromatic nitrogens is 5. The van der Waals surface area contributed by atoms with Gasteiger partial charge in [0.15, 0.2) is 23.2 Å². The molecule has 0 saturated carbocycles. The third kappa shape index (κ3) is 6.36. The van der Waals surface area contributed by atoms with Crippen LogP contribution in [0.25, 0.3) is 5.82 Å². The summed E-state index contributed by atoms with van der Waals surface area (Å²) in [4.78, 5) is 28.1. The number of nitrogens with one attached hydrogen (secondary N) is 4. The fraction of sp³-hybridized carbons (Fsp3) is 0.269. The lowest BCUT2D eigenvalue weighted by Crippen LogP contribution is -2.19. The minimum atomic E-state index is -1.10. The molecule has 2 heterocycles. The third-order valence-corrected chi connectivity index (χ3v) is 5.87. The van der Waals surface area contributed by atoms with Gasteiger partial charge < -0.3 is 30.0 Å². The summed E-state index contributed by atoms with van der Waals surface area (Å²) >= 11 is 0. The van der Waals surface area contributed by atoms with E-state index < -0.39 is 23.5 Å². The molecule has 0 aliphatic heterocycles. The van der Waals surface area contributed by atoms with Crippen LogP contribution in [-0.2, 0) is 9.47 Å². The summed E-state index contributed by atoms with van der Waals surface area (Å²) in [5, 5.41) is 21.6. The van der Waals surface area contributed by atoms with E-state index in [2.05, 4.69) is 25.6 Å². The van der Waals surface area contributed by atoms with Crippen molar-refractivity contribution in [2.45, 2.75) is 13.0 Å². The summed E-state index contributed by atoms with van der Waals surface area (Å²) in [7, 11) is 2.92. The molecule has 0 aliphatic rings. The van der Waals surface area contributed by atoms with Crippen LogP contribution in [0.3, 0.4) is 0 Å². The minimum absolute atomic E-state index is 0.00921. The first-order chi connectivity index (χ1) is 19.8. The van der Waals surface area contributed by atoms with Crippen LogP contribution >= 0.6 is 0 Å². The summed E-state index contributed by atoms with van der Waals surface area (Å²) in [6.45, 7) is 2.06. The van der Waals surface area contributed by atoms with Gasteiger partial charge in [0.1, 0.15) is 29.8 Å². The maximum absolute atomic E-state index is 16.0. The van der Waals surface area contributed by atoms with Crippen molar-refractivity contribution in [3.63, 3.8) is 0 Å². The average Bonchev–Trinajstić information content (AvgIpc) is 3.60. The number of hydrogen-bond donors (Lipinski definition) is 5. The van der Waals surface area contributed by atoms with E-state index in [9.17, 15) is 9.59 Å². The Labute approximate surface area is 233 Å². The van der Waals surface area contributed by atoms with Gasteiger partial charge in [-0.05, 0) is 37.3 Å². The van der Waals surface area contributed by atoms with Crippen molar-refractivity contribution in [2.75, 3.05) is 39.4 Å². The first-order valence-electron chi connectivity index (χ1n) is 12.4. The van der Waals surface area contributed by atoms with Gasteiger partial charge in [0.2, 0.25) is 0 Å². The molecule has 1 atom stereocenters. The molecule has 2 aromatic carbocycles. The van der Waals surface area contributed by atoms with Crippen LogP contribution in [0.2, 0.25) is 0 Å². The lowest BCUT2D eigenvalue weighted by molar-refractivity contribution is 0.0526. The number of rotatable bonds is 13. The predicted molar refractivity (Wildman–Crippen MR) is 146 cm³/mol. The van der Waals surface area contributed by atoms with E-state index in [1.54, 1.807) is 31.2 Å². The van der Waals surface area contributed by atoms with Crippen molar-refractivity contribution in [1.82, 2.24) is 25.0 Å². The quantitative estimate of drug-likeness (QED) is 0.0690. The Morgan fingerprint density at radius 2 is 1.98 bits per heavy atom. The Balaban J connectivity index is 1.83. The van der Waals surface area contributed by atoms with Gasteiger partial charge in [0.05, 0.1) is 26.5 Å². The van der Waals surface area contributed by atoms with Gasteiger partial charge in [0.25, 0.3) is 0 Å². The number of nitrogens with zero attached hydrogens (tertiary/aromatic N) is 3. The molecule has 41 heavy (non-hydrogen) atoms. The van der Waals surface area contributed by atoms with E-state index in [4.69, 9.17) is 30.1 Å². The number of hydrogen-bond acceptors (Lipinski definition) is 10. The highest BCUT2D eigenvalue weighted by molar-refractivity contribution is 5.95. The van der Waals surface area contributed by atoms with Crippen LogP contribution in [0.1, 0.15) is 40.3 Å². The van der Waals surface area contributed by atoms with E-state index in [0.29, 0.717) is 11.3 Å². The number of esters is 1. The number of nitrogens with two attached hydrogens (primary N) is 1. The number of carbonyl (C=O) groups is 1.